The Kier molecular flexibility index (Phi) is 3.30. The summed E-state index contributed by atoms with van der Waals surface area (Å²) in [7, 11) is 0. The summed E-state index contributed by atoms with van der Waals surface area (Å²) in [6.45, 7) is 0. The van der Waals surface area contributed by atoms with Crippen LogP contribution in [-0.4, -0.2) is 9.91 Å². The van der Waals surface area contributed by atoms with Crippen molar-refractivity contribution in [2.24, 2.45) is 0 Å². The number of nitrogens with zero attached hydrogens (tertiary/aromatic N) is 2. The van der Waals surface area contributed by atoms with Crippen LogP contribution in [0.3, 0.4) is 0 Å². The second kappa shape index (κ2) is 4.48. The molecular weight excluding hydrogens is 224 g/mol. The van der Waals surface area contributed by atoms with Crippen LogP contribution in [-0.2, 0) is 6.42 Å². The Morgan fingerprint density at radius 1 is 1.62 bits per heavy atom. The van der Waals surface area contributed by atoms with Gasteiger partial charge in [0, 0.05) is 11.8 Å². The summed E-state index contributed by atoms with van der Waals surface area (Å²) < 4.78 is 24.7. The van der Waals surface area contributed by atoms with Gasteiger partial charge in [0.25, 0.3) is 11.9 Å². The van der Waals surface area contributed by atoms with Gasteiger partial charge in [0.2, 0.25) is 0 Å². The number of H-pyrrole nitrogens is 1. The van der Waals surface area contributed by atoms with E-state index in [2.05, 4.69) is 0 Å². The summed E-state index contributed by atoms with van der Waals surface area (Å²) in [4.78, 5) is 22.6. The van der Waals surface area contributed by atoms with Crippen molar-refractivity contribution in [1.29, 1.82) is 5.26 Å². The largest absolute Gasteiger partial charge is 0.354 e. The number of nitrogens with one attached hydrogen (secondary N) is 1. The van der Waals surface area contributed by atoms with Gasteiger partial charge in [0.15, 0.2) is 5.69 Å². The fraction of sp³-hybridized carbons (Fsp3) is 0.250. The van der Waals surface area contributed by atoms with Crippen LogP contribution in [0.1, 0.15) is 17.7 Å². The van der Waals surface area contributed by atoms with Crippen molar-refractivity contribution in [2.75, 3.05) is 0 Å². The highest BCUT2D eigenvalue weighted by molar-refractivity contribution is 5.39. The minimum atomic E-state index is -3.15. The Labute approximate surface area is 87.3 Å². The molecule has 0 saturated heterocycles. The lowest BCUT2D eigenvalue weighted by Crippen LogP contribution is -2.17. The number of pyridine rings is 1. The van der Waals surface area contributed by atoms with Crippen molar-refractivity contribution in [3.8, 4) is 6.07 Å². The minimum absolute atomic E-state index is 0.210. The second-order valence-electron chi connectivity index (χ2n) is 2.80. The molecule has 0 saturated carbocycles. The average Bonchev–Trinajstić information content (AvgIpc) is 2.20. The molecule has 0 atom stereocenters. The normalized spacial score (nSPS) is 10.1. The molecule has 0 aliphatic heterocycles. The first kappa shape index (κ1) is 11.8. The lowest BCUT2D eigenvalue weighted by atomic mass is 10.1. The zero-order chi connectivity index (χ0) is 12.3. The number of rotatable bonds is 3. The van der Waals surface area contributed by atoms with E-state index in [1.807, 2.05) is 4.98 Å². The lowest BCUT2D eigenvalue weighted by Gasteiger charge is -2.02. The van der Waals surface area contributed by atoms with Gasteiger partial charge in [-0.05, 0) is 0 Å². The Morgan fingerprint density at radius 2 is 2.25 bits per heavy atom. The van der Waals surface area contributed by atoms with Gasteiger partial charge in [0.05, 0.1) is 17.4 Å². The number of hydrogen-bond donors (Lipinski definition) is 1. The molecule has 1 N–H and O–H groups in total. The summed E-state index contributed by atoms with van der Waals surface area (Å²) in [6.07, 6.45) is -2.64. The maximum absolute atomic E-state index is 12.3. The third-order valence-corrected chi connectivity index (χ3v) is 1.83. The molecule has 0 fully saturated rings. The van der Waals surface area contributed by atoms with Crippen LogP contribution in [0.15, 0.2) is 11.0 Å². The molecule has 16 heavy (non-hydrogen) atoms. The van der Waals surface area contributed by atoms with Crippen LogP contribution in [0.4, 0.5) is 14.5 Å². The van der Waals surface area contributed by atoms with Gasteiger partial charge in [0.1, 0.15) is 0 Å². The first-order valence-electron chi connectivity index (χ1n) is 4.03. The molecule has 6 nitrogen and oxygen atoms in total. The number of aromatic amines is 1. The van der Waals surface area contributed by atoms with Crippen LogP contribution < -0.4 is 5.43 Å². The van der Waals surface area contributed by atoms with Crippen LogP contribution in [0.5, 0.6) is 0 Å². The van der Waals surface area contributed by atoms with Crippen LogP contribution in [0.2, 0.25) is 0 Å². The van der Waals surface area contributed by atoms with E-state index in [0.29, 0.717) is 0 Å². The molecule has 1 rings (SSSR count). The molecule has 0 radical (unpaired) electrons. The van der Waals surface area contributed by atoms with Crippen molar-refractivity contribution in [2.45, 2.75) is 12.8 Å². The number of halogens is 2. The van der Waals surface area contributed by atoms with E-state index in [4.69, 9.17) is 5.26 Å². The number of hydrogen-bond acceptors (Lipinski definition) is 4. The highest BCUT2D eigenvalue weighted by Crippen LogP contribution is 2.23. The third kappa shape index (κ3) is 2.03. The third-order valence-electron chi connectivity index (χ3n) is 1.83. The van der Waals surface area contributed by atoms with E-state index in [0.717, 1.165) is 6.20 Å². The topological polar surface area (TPSA) is 99.8 Å². The predicted molar refractivity (Wildman–Crippen MR) is 48.0 cm³/mol. The molecule has 0 bridgehead atoms. The van der Waals surface area contributed by atoms with Crippen molar-refractivity contribution in [3.05, 3.63) is 37.8 Å². The summed E-state index contributed by atoms with van der Waals surface area (Å²) in [5.74, 6) is 0. The summed E-state index contributed by atoms with van der Waals surface area (Å²) in [6, 6.07) is 1.61. The van der Waals surface area contributed by atoms with E-state index in [1.165, 1.54) is 0 Å². The molecule has 0 aliphatic rings. The quantitative estimate of drug-likeness (QED) is 0.623. The molecule has 8 heteroatoms. The van der Waals surface area contributed by atoms with Gasteiger partial charge in [-0.2, -0.15) is 5.26 Å². The Balaban J connectivity index is 3.50. The molecule has 0 aromatic carbocycles. The van der Waals surface area contributed by atoms with Gasteiger partial charge in [-0.1, -0.05) is 0 Å². The maximum atomic E-state index is 12.3. The molecule has 0 aliphatic carbocycles. The number of alkyl halides is 2. The van der Waals surface area contributed by atoms with E-state index < -0.39 is 28.2 Å². The lowest BCUT2D eigenvalue weighted by molar-refractivity contribution is -0.387. The Hall–Kier alpha value is -2.30. The van der Waals surface area contributed by atoms with Gasteiger partial charge < -0.3 is 4.98 Å². The Bertz CT molecular complexity index is 518. The van der Waals surface area contributed by atoms with Gasteiger partial charge >= 0.3 is 5.69 Å². The standard InChI is InChI=1S/C8H5F2N3O3/c9-8(10)5-6(13(15)16)7(14)4(1-2-11)3-12-5/h3,8H,1H2,(H,12,14). The van der Waals surface area contributed by atoms with Gasteiger partial charge in [-0.25, -0.2) is 8.78 Å². The zero-order valence-corrected chi connectivity index (χ0v) is 7.74. The molecule has 1 aromatic heterocycles. The SMILES string of the molecule is N#CCc1c[nH]c(C(F)F)c([N+](=O)[O-])c1=O. The first-order valence-corrected chi connectivity index (χ1v) is 4.03. The fourth-order valence-electron chi connectivity index (χ4n) is 1.14. The van der Waals surface area contributed by atoms with Crippen LogP contribution in [0.25, 0.3) is 0 Å². The summed E-state index contributed by atoms with van der Waals surface area (Å²) in [5.41, 5.74) is -3.61. The van der Waals surface area contributed by atoms with E-state index in [-0.39, 0.29) is 12.0 Å². The van der Waals surface area contributed by atoms with Crippen molar-refractivity contribution in [1.82, 2.24) is 4.98 Å². The van der Waals surface area contributed by atoms with E-state index >= 15 is 0 Å². The molecule has 1 aromatic rings. The minimum Gasteiger partial charge on any atom is -0.354 e. The molecule has 1 heterocycles. The molecule has 0 spiro atoms. The van der Waals surface area contributed by atoms with Crippen LogP contribution in [0, 0.1) is 21.4 Å². The van der Waals surface area contributed by atoms with Gasteiger partial charge in [-0.3, -0.25) is 14.9 Å². The number of nitro groups is 1. The summed E-state index contributed by atoms with van der Waals surface area (Å²) >= 11 is 0. The summed E-state index contributed by atoms with van der Waals surface area (Å²) in [5, 5.41) is 18.8. The van der Waals surface area contributed by atoms with Gasteiger partial charge in [-0.15, -0.1) is 0 Å². The van der Waals surface area contributed by atoms with E-state index in [9.17, 15) is 23.7 Å². The molecule has 0 unspecified atom stereocenters. The highest BCUT2D eigenvalue weighted by atomic mass is 19.3. The molecule has 84 valence electrons. The van der Waals surface area contributed by atoms with Crippen molar-refractivity contribution < 1.29 is 13.7 Å². The average molecular weight is 229 g/mol. The predicted octanol–water partition coefficient (Wildman–Crippen LogP) is 1.29. The maximum Gasteiger partial charge on any atom is 0.341 e. The zero-order valence-electron chi connectivity index (χ0n) is 7.74. The monoisotopic (exact) mass is 229 g/mol. The number of aromatic nitrogens is 1. The second-order valence-corrected chi connectivity index (χ2v) is 2.80. The van der Waals surface area contributed by atoms with E-state index in [1.54, 1.807) is 6.07 Å². The first-order chi connectivity index (χ1) is 7.49. The van der Waals surface area contributed by atoms with Crippen molar-refractivity contribution >= 4 is 5.69 Å². The smallest absolute Gasteiger partial charge is 0.341 e. The number of nitriles is 1. The van der Waals surface area contributed by atoms with Crippen molar-refractivity contribution in [3.63, 3.8) is 0 Å². The highest BCUT2D eigenvalue weighted by Gasteiger charge is 2.27. The Morgan fingerprint density at radius 3 is 2.69 bits per heavy atom. The fourth-order valence-corrected chi connectivity index (χ4v) is 1.14. The van der Waals surface area contributed by atoms with Crippen LogP contribution >= 0.6 is 0 Å². The molecular formula is C8H5F2N3O3. The molecule has 0 amide bonds.